The van der Waals surface area contributed by atoms with Crippen LogP contribution in [-0.2, 0) is 11.2 Å². The average Bonchev–Trinajstić information content (AvgIpc) is 2.76. The Bertz CT molecular complexity index is 291. The van der Waals surface area contributed by atoms with Crippen LogP contribution in [0.4, 0.5) is 0 Å². The summed E-state index contributed by atoms with van der Waals surface area (Å²) in [7, 11) is 0. The predicted octanol–water partition coefficient (Wildman–Crippen LogP) is -0.305. The standard InChI is InChI=1S/C9H13N3O2/c13-9(5-7-2-4-14-12-7)11-8-1-3-10-6-8/h2,4,8,10H,1,3,5-6H2,(H,11,13). The SMILES string of the molecule is O=C(Cc1ccon1)NC1CCNC1. The molecule has 1 aromatic heterocycles. The Balaban J connectivity index is 1.78. The minimum atomic E-state index is 0.00704. The molecule has 5 nitrogen and oxygen atoms in total. The van der Waals surface area contributed by atoms with E-state index >= 15 is 0 Å². The first kappa shape index (κ1) is 9.21. The summed E-state index contributed by atoms with van der Waals surface area (Å²) in [6.07, 6.45) is 2.78. The summed E-state index contributed by atoms with van der Waals surface area (Å²) in [5.41, 5.74) is 0.674. The number of amides is 1. The lowest BCUT2D eigenvalue weighted by atomic mass is 10.2. The quantitative estimate of drug-likeness (QED) is 0.694. The molecule has 1 fully saturated rings. The highest BCUT2D eigenvalue weighted by Crippen LogP contribution is 1.99. The summed E-state index contributed by atoms with van der Waals surface area (Å²) >= 11 is 0. The normalized spacial score (nSPS) is 21.0. The minimum Gasteiger partial charge on any atom is -0.364 e. The molecule has 14 heavy (non-hydrogen) atoms. The van der Waals surface area contributed by atoms with Crippen molar-refractivity contribution in [1.82, 2.24) is 15.8 Å². The topological polar surface area (TPSA) is 67.2 Å². The number of carbonyl (C=O) groups excluding carboxylic acids is 1. The Kier molecular flexibility index (Phi) is 2.78. The van der Waals surface area contributed by atoms with Crippen LogP contribution in [0.15, 0.2) is 16.9 Å². The van der Waals surface area contributed by atoms with Gasteiger partial charge in [0.25, 0.3) is 0 Å². The molecule has 76 valence electrons. The second-order valence-corrected chi connectivity index (χ2v) is 3.42. The summed E-state index contributed by atoms with van der Waals surface area (Å²) in [6.45, 7) is 1.85. The smallest absolute Gasteiger partial charge is 0.226 e. The molecule has 1 saturated heterocycles. The van der Waals surface area contributed by atoms with Crippen LogP contribution in [0.1, 0.15) is 12.1 Å². The second-order valence-electron chi connectivity index (χ2n) is 3.42. The van der Waals surface area contributed by atoms with Gasteiger partial charge >= 0.3 is 0 Å². The Morgan fingerprint density at radius 3 is 3.36 bits per heavy atom. The first-order valence-corrected chi connectivity index (χ1v) is 4.74. The third-order valence-electron chi connectivity index (χ3n) is 2.26. The molecular formula is C9H13N3O2. The zero-order chi connectivity index (χ0) is 9.80. The van der Waals surface area contributed by atoms with Crippen molar-refractivity contribution in [3.63, 3.8) is 0 Å². The Morgan fingerprint density at radius 2 is 2.71 bits per heavy atom. The van der Waals surface area contributed by atoms with Crippen molar-refractivity contribution >= 4 is 5.91 Å². The van der Waals surface area contributed by atoms with Crippen LogP contribution in [0.5, 0.6) is 0 Å². The Morgan fingerprint density at radius 1 is 1.79 bits per heavy atom. The van der Waals surface area contributed by atoms with E-state index in [2.05, 4.69) is 20.3 Å². The first-order valence-electron chi connectivity index (χ1n) is 4.74. The lowest BCUT2D eigenvalue weighted by Gasteiger charge is -2.09. The molecule has 0 saturated carbocycles. The molecule has 2 N–H and O–H groups in total. The van der Waals surface area contributed by atoms with E-state index in [1.807, 2.05) is 0 Å². The van der Waals surface area contributed by atoms with Gasteiger partial charge in [-0.15, -0.1) is 0 Å². The van der Waals surface area contributed by atoms with Gasteiger partial charge in [0.15, 0.2) is 0 Å². The third kappa shape index (κ3) is 2.32. The van der Waals surface area contributed by atoms with E-state index in [0.717, 1.165) is 19.5 Å². The van der Waals surface area contributed by atoms with Crippen molar-refractivity contribution in [2.45, 2.75) is 18.9 Å². The number of nitrogens with zero attached hydrogens (tertiary/aromatic N) is 1. The maximum atomic E-state index is 11.4. The number of hydrogen-bond donors (Lipinski definition) is 2. The summed E-state index contributed by atoms with van der Waals surface area (Å²) in [5, 5.41) is 9.80. The zero-order valence-corrected chi connectivity index (χ0v) is 7.82. The summed E-state index contributed by atoms with van der Waals surface area (Å²) in [6, 6.07) is 1.97. The van der Waals surface area contributed by atoms with Crippen molar-refractivity contribution in [2.75, 3.05) is 13.1 Å². The van der Waals surface area contributed by atoms with Crippen molar-refractivity contribution < 1.29 is 9.32 Å². The summed E-state index contributed by atoms with van der Waals surface area (Å²) in [4.78, 5) is 11.4. The Labute approximate surface area is 81.8 Å². The average molecular weight is 195 g/mol. The minimum absolute atomic E-state index is 0.00704. The van der Waals surface area contributed by atoms with E-state index in [1.165, 1.54) is 6.26 Å². The highest BCUT2D eigenvalue weighted by atomic mass is 16.5. The largest absolute Gasteiger partial charge is 0.364 e. The van der Waals surface area contributed by atoms with Crippen LogP contribution in [0.2, 0.25) is 0 Å². The van der Waals surface area contributed by atoms with Crippen LogP contribution in [0.25, 0.3) is 0 Å². The van der Waals surface area contributed by atoms with E-state index in [4.69, 9.17) is 0 Å². The van der Waals surface area contributed by atoms with Gasteiger partial charge in [0.1, 0.15) is 6.26 Å². The fourth-order valence-electron chi connectivity index (χ4n) is 1.55. The lowest BCUT2D eigenvalue weighted by molar-refractivity contribution is -0.121. The molecule has 1 aliphatic rings. The van der Waals surface area contributed by atoms with Crippen molar-refractivity contribution in [2.24, 2.45) is 0 Å². The lowest BCUT2D eigenvalue weighted by Crippen LogP contribution is -2.37. The first-order chi connectivity index (χ1) is 6.84. The number of hydrogen-bond acceptors (Lipinski definition) is 4. The van der Waals surface area contributed by atoms with Crippen molar-refractivity contribution in [3.05, 3.63) is 18.0 Å². The maximum absolute atomic E-state index is 11.4. The van der Waals surface area contributed by atoms with Gasteiger partial charge in [-0.3, -0.25) is 4.79 Å². The fourth-order valence-corrected chi connectivity index (χ4v) is 1.55. The molecule has 1 aliphatic heterocycles. The monoisotopic (exact) mass is 195 g/mol. The van der Waals surface area contributed by atoms with E-state index in [0.29, 0.717) is 12.1 Å². The molecule has 0 aromatic carbocycles. The van der Waals surface area contributed by atoms with Crippen LogP contribution in [0.3, 0.4) is 0 Å². The second kappa shape index (κ2) is 4.23. The highest BCUT2D eigenvalue weighted by molar-refractivity contribution is 5.78. The molecule has 2 rings (SSSR count). The van der Waals surface area contributed by atoms with Gasteiger partial charge in [0, 0.05) is 18.7 Å². The molecule has 0 radical (unpaired) electrons. The van der Waals surface area contributed by atoms with Crippen LogP contribution >= 0.6 is 0 Å². The van der Waals surface area contributed by atoms with Gasteiger partial charge < -0.3 is 15.2 Å². The van der Waals surface area contributed by atoms with Crippen molar-refractivity contribution in [1.29, 1.82) is 0 Å². The number of nitrogens with one attached hydrogen (secondary N) is 2. The van der Waals surface area contributed by atoms with E-state index < -0.39 is 0 Å². The molecule has 5 heteroatoms. The molecule has 1 unspecified atom stereocenters. The third-order valence-corrected chi connectivity index (χ3v) is 2.26. The number of rotatable bonds is 3. The van der Waals surface area contributed by atoms with Crippen LogP contribution in [-0.4, -0.2) is 30.2 Å². The maximum Gasteiger partial charge on any atom is 0.226 e. The molecule has 1 aromatic rings. The fraction of sp³-hybridized carbons (Fsp3) is 0.556. The van der Waals surface area contributed by atoms with Gasteiger partial charge in [-0.25, -0.2) is 0 Å². The predicted molar refractivity (Wildman–Crippen MR) is 49.6 cm³/mol. The molecular weight excluding hydrogens is 182 g/mol. The van der Waals surface area contributed by atoms with Crippen LogP contribution < -0.4 is 10.6 Å². The molecule has 0 aliphatic carbocycles. The van der Waals surface area contributed by atoms with Gasteiger partial charge in [0.2, 0.25) is 5.91 Å². The Hall–Kier alpha value is -1.36. The van der Waals surface area contributed by atoms with Crippen molar-refractivity contribution in [3.8, 4) is 0 Å². The van der Waals surface area contributed by atoms with Gasteiger partial charge in [-0.1, -0.05) is 5.16 Å². The molecule has 1 amide bonds. The van der Waals surface area contributed by atoms with Gasteiger partial charge in [-0.05, 0) is 13.0 Å². The molecule has 1 atom stereocenters. The molecule has 0 bridgehead atoms. The van der Waals surface area contributed by atoms with E-state index in [9.17, 15) is 4.79 Å². The van der Waals surface area contributed by atoms with E-state index in [1.54, 1.807) is 6.07 Å². The van der Waals surface area contributed by atoms with Gasteiger partial charge in [0.05, 0.1) is 12.1 Å². The number of aromatic nitrogens is 1. The van der Waals surface area contributed by atoms with Crippen LogP contribution in [0, 0.1) is 0 Å². The summed E-state index contributed by atoms with van der Waals surface area (Å²) < 4.78 is 4.64. The molecule has 0 spiro atoms. The highest BCUT2D eigenvalue weighted by Gasteiger charge is 2.16. The zero-order valence-electron chi connectivity index (χ0n) is 7.82. The van der Waals surface area contributed by atoms with E-state index in [-0.39, 0.29) is 11.9 Å². The summed E-state index contributed by atoms with van der Waals surface area (Å²) in [5.74, 6) is 0.00704. The van der Waals surface area contributed by atoms with Gasteiger partial charge in [-0.2, -0.15) is 0 Å². The number of carbonyl (C=O) groups is 1. The molecule has 2 heterocycles.